The van der Waals surface area contributed by atoms with Crippen LogP contribution in [0.2, 0.25) is 0 Å². The highest BCUT2D eigenvalue weighted by Gasteiger charge is 2.26. The van der Waals surface area contributed by atoms with E-state index in [4.69, 9.17) is 5.21 Å². The molecule has 1 N–H and O–H groups in total. The van der Waals surface area contributed by atoms with Gasteiger partial charge >= 0.3 is 0 Å². The van der Waals surface area contributed by atoms with Gasteiger partial charge in [-0.1, -0.05) is 30.3 Å². The Balaban J connectivity index is 2.08. The van der Waals surface area contributed by atoms with Crippen LogP contribution >= 0.6 is 0 Å². The molecule has 4 nitrogen and oxygen atoms in total. The zero-order valence-electron chi connectivity index (χ0n) is 9.84. The molecule has 1 aromatic rings. The third-order valence-corrected chi connectivity index (χ3v) is 3.14. The van der Waals surface area contributed by atoms with E-state index >= 15 is 0 Å². The number of nitrogens with zero attached hydrogens (tertiary/aromatic N) is 2. The Morgan fingerprint density at radius 3 is 2.71 bits per heavy atom. The van der Waals surface area contributed by atoms with Crippen molar-refractivity contribution >= 4 is 11.6 Å². The van der Waals surface area contributed by atoms with Crippen LogP contribution in [0.4, 0.5) is 0 Å². The van der Waals surface area contributed by atoms with E-state index in [1.807, 2.05) is 42.2 Å². The van der Waals surface area contributed by atoms with Crippen LogP contribution in [0.1, 0.15) is 23.7 Å². The van der Waals surface area contributed by atoms with Gasteiger partial charge in [0.2, 0.25) is 0 Å². The van der Waals surface area contributed by atoms with Gasteiger partial charge < -0.3 is 10.1 Å². The maximum Gasteiger partial charge on any atom is 0.253 e. The number of oxime groups is 1. The number of likely N-dealkylation sites (tertiary alicyclic amines) is 1. The van der Waals surface area contributed by atoms with Crippen LogP contribution in [0.5, 0.6) is 0 Å². The van der Waals surface area contributed by atoms with Crippen LogP contribution in [-0.4, -0.2) is 34.8 Å². The summed E-state index contributed by atoms with van der Waals surface area (Å²) >= 11 is 0. The summed E-state index contributed by atoms with van der Waals surface area (Å²) in [6.07, 6.45) is 0.649. The number of carbonyl (C=O) groups is 1. The Labute approximate surface area is 101 Å². The quantitative estimate of drug-likeness (QED) is 0.594. The zero-order chi connectivity index (χ0) is 12.3. The van der Waals surface area contributed by atoms with E-state index in [1.165, 1.54) is 0 Å². The first kappa shape index (κ1) is 11.6. The maximum atomic E-state index is 12.2. The number of piperidine rings is 1. The van der Waals surface area contributed by atoms with E-state index in [9.17, 15) is 4.79 Å². The molecule has 90 valence electrons. The van der Waals surface area contributed by atoms with E-state index in [2.05, 4.69) is 5.16 Å². The highest BCUT2D eigenvalue weighted by atomic mass is 16.4. The predicted molar refractivity (Wildman–Crippen MR) is 65.3 cm³/mol. The minimum Gasteiger partial charge on any atom is -0.411 e. The lowest BCUT2D eigenvalue weighted by molar-refractivity contribution is 0.0734. The van der Waals surface area contributed by atoms with Gasteiger partial charge in [-0.25, -0.2) is 0 Å². The highest BCUT2D eigenvalue weighted by molar-refractivity contribution is 5.96. The second kappa shape index (κ2) is 4.99. The zero-order valence-corrected chi connectivity index (χ0v) is 9.84. The minimum atomic E-state index is 0.0504. The lowest BCUT2D eigenvalue weighted by Gasteiger charge is -2.31. The number of hydrogen-bond donors (Lipinski definition) is 1. The van der Waals surface area contributed by atoms with Crippen LogP contribution in [0.25, 0.3) is 0 Å². The van der Waals surface area contributed by atoms with Crippen molar-refractivity contribution in [2.75, 3.05) is 13.1 Å². The van der Waals surface area contributed by atoms with Crippen molar-refractivity contribution < 1.29 is 10.0 Å². The van der Waals surface area contributed by atoms with E-state index in [1.54, 1.807) is 0 Å². The number of amides is 1. The molecule has 1 heterocycles. The van der Waals surface area contributed by atoms with Crippen molar-refractivity contribution in [2.24, 2.45) is 11.1 Å². The number of benzene rings is 1. The average Bonchev–Trinajstić information content (AvgIpc) is 2.39. The van der Waals surface area contributed by atoms with Gasteiger partial charge in [-0.05, 0) is 12.1 Å². The van der Waals surface area contributed by atoms with Crippen LogP contribution in [-0.2, 0) is 0 Å². The number of carbonyl (C=O) groups excluding carboxylic acids is 1. The van der Waals surface area contributed by atoms with Gasteiger partial charge in [0.25, 0.3) is 5.91 Å². The molecule has 2 rings (SSSR count). The fourth-order valence-electron chi connectivity index (χ4n) is 2.12. The predicted octanol–water partition coefficient (Wildman–Crippen LogP) is 2.00. The fourth-order valence-corrected chi connectivity index (χ4v) is 2.12. The summed E-state index contributed by atoms with van der Waals surface area (Å²) in [6.45, 7) is 3.21. The van der Waals surface area contributed by atoms with Gasteiger partial charge in [-0.2, -0.15) is 0 Å². The van der Waals surface area contributed by atoms with E-state index in [0.29, 0.717) is 25.1 Å². The van der Waals surface area contributed by atoms with Crippen molar-refractivity contribution in [3.05, 3.63) is 35.9 Å². The first-order valence-electron chi connectivity index (χ1n) is 5.77. The van der Waals surface area contributed by atoms with Crippen LogP contribution in [0.3, 0.4) is 0 Å². The maximum absolute atomic E-state index is 12.2. The number of rotatable bonds is 1. The number of hydrogen-bond acceptors (Lipinski definition) is 3. The van der Waals surface area contributed by atoms with Crippen molar-refractivity contribution in [1.82, 2.24) is 4.90 Å². The lowest BCUT2D eigenvalue weighted by Crippen LogP contribution is -2.43. The third-order valence-electron chi connectivity index (χ3n) is 3.14. The first-order chi connectivity index (χ1) is 8.22. The molecule has 0 spiro atoms. The van der Waals surface area contributed by atoms with Crippen molar-refractivity contribution in [1.29, 1.82) is 0 Å². The van der Waals surface area contributed by atoms with Crippen molar-refractivity contribution in [3.63, 3.8) is 0 Å². The molecule has 1 saturated heterocycles. The standard InChI is InChI=1S/C13H16N2O2/c1-10-9-15(8-7-12(10)14-17)13(16)11-5-3-2-4-6-11/h2-6,10,17H,7-9H2,1H3. The highest BCUT2D eigenvalue weighted by Crippen LogP contribution is 2.16. The van der Waals surface area contributed by atoms with Gasteiger partial charge in [0.1, 0.15) is 0 Å². The summed E-state index contributed by atoms with van der Waals surface area (Å²) in [7, 11) is 0. The van der Waals surface area contributed by atoms with Gasteiger partial charge in [0.15, 0.2) is 0 Å². The summed E-state index contributed by atoms with van der Waals surface area (Å²) in [5.74, 6) is 0.177. The van der Waals surface area contributed by atoms with Crippen LogP contribution in [0.15, 0.2) is 35.5 Å². The van der Waals surface area contributed by atoms with E-state index in [-0.39, 0.29) is 11.8 Å². The largest absolute Gasteiger partial charge is 0.411 e. The Morgan fingerprint density at radius 2 is 2.12 bits per heavy atom. The Bertz CT molecular complexity index is 428. The molecule has 1 atom stereocenters. The Kier molecular flexibility index (Phi) is 3.42. The van der Waals surface area contributed by atoms with Crippen molar-refractivity contribution in [2.45, 2.75) is 13.3 Å². The summed E-state index contributed by atoms with van der Waals surface area (Å²) in [6, 6.07) is 9.26. The van der Waals surface area contributed by atoms with Crippen LogP contribution < -0.4 is 0 Å². The Morgan fingerprint density at radius 1 is 1.41 bits per heavy atom. The minimum absolute atomic E-state index is 0.0504. The van der Waals surface area contributed by atoms with E-state index in [0.717, 1.165) is 5.71 Å². The first-order valence-corrected chi connectivity index (χ1v) is 5.77. The molecule has 1 fully saturated rings. The molecule has 0 bridgehead atoms. The molecular formula is C13H16N2O2. The smallest absolute Gasteiger partial charge is 0.253 e. The van der Waals surface area contributed by atoms with Gasteiger partial charge in [0, 0.05) is 31.0 Å². The average molecular weight is 232 g/mol. The molecule has 1 amide bonds. The molecule has 1 aliphatic rings. The molecule has 1 aliphatic heterocycles. The lowest BCUT2D eigenvalue weighted by atomic mass is 9.97. The molecule has 0 radical (unpaired) electrons. The molecule has 17 heavy (non-hydrogen) atoms. The van der Waals surface area contributed by atoms with Gasteiger partial charge in [0.05, 0.1) is 5.71 Å². The summed E-state index contributed by atoms with van der Waals surface area (Å²) < 4.78 is 0. The van der Waals surface area contributed by atoms with Crippen LogP contribution in [0, 0.1) is 5.92 Å². The molecule has 0 aliphatic carbocycles. The molecule has 1 unspecified atom stereocenters. The Hall–Kier alpha value is -1.84. The third kappa shape index (κ3) is 2.46. The molecular weight excluding hydrogens is 216 g/mol. The topological polar surface area (TPSA) is 52.9 Å². The van der Waals surface area contributed by atoms with Crippen molar-refractivity contribution in [3.8, 4) is 0 Å². The van der Waals surface area contributed by atoms with Gasteiger partial charge in [-0.3, -0.25) is 4.79 Å². The van der Waals surface area contributed by atoms with Gasteiger partial charge in [-0.15, -0.1) is 0 Å². The monoisotopic (exact) mass is 232 g/mol. The second-order valence-electron chi connectivity index (χ2n) is 4.36. The molecule has 1 aromatic carbocycles. The summed E-state index contributed by atoms with van der Waals surface area (Å²) in [5.41, 5.74) is 1.49. The fraction of sp³-hybridized carbons (Fsp3) is 0.385. The molecule has 4 heteroatoms. The SMILES string of the molecule is CC1CN(C(=O)c2ccccc2)CCC1=NO. The van der Waals surface area contributed by atoms with E-state index < -0.39 is 0 Å². The summed E-state index contributed by atoms with van der Waals surface area (Å²) in [5, 5.41) is 12.1. The molecule has 0 aromatic heterocycles. The second-order valence-corrected chi connectivity index (χ2v) is 4.36. The molecule has 0 saturated carbocycles. The normalized spacial score (nSPS) is 22.8. The summed E-state index contributed by atoms with van der Waals surface area (Å²) in [4.78, 5) is 14.0.